The summed E-state index contributed by atoms with van der Waals surface area (Å²) in [6.45, 7) is 8.62. The van der Waals surface area contributed by atoms with Gasteiger partial charge in [-0.15, -0.1) is 24.0 Å². The fourth-order valence-electron chi connectivity index (χ4n) is 3.64. The minimum absolute atomic E-state index is 0. The third-order valence-electron chi connectivity index (χ3n) is 5.17. The Balaban J connectivity index is 0.00000392. The molecule has 8 nitrogen and oxygen atoms in total. The van der Waals surface area contributed by atoms with Gasteiger partial charge in [0.05, 0.1) is 0 Å². The predicted molar refractivity (Wildman–Crippen MR) is 120 cm³/mol. The summed E-state index contributed by atoms with van der Waals surface area (Å²) in [7, 11) is 0. The zero-order valence-corrected chi connectivity index (χ0v) is 19.7. The van der Waals surface area contributed by atoms with Crippen LogP contribution in [-0.4, -0.2) is 47.5 Å². The molecular formula is C19H36IN5O3. The van der Waals surface area contributed by atoms with Crippen molar-refractivity contribution in [2.75, 3.05) is 26.3 Å². The third kappa shape index (κ3) is 7.82. The first-order chi connectivity index (χ1) is 13.1. The molecule has 0 bridgehead atoms. The lowest BCUT2D eigenvalue weighted by Crippen LogP contribution is -2.44. The van der Waals surface area contributed by atoms with Crippen LogP contribution in [0.1, 0.15) is 77.1 Å². The van der Waals surface area contributed by atoms with Gasteiger partial charge in [0, 0.05) is 26.3 Å². The Morgan fingerprint density at radius 3 is 2.68 bits per heavy atom. The molecule has 1 aliphatic rings. The SMILES string of the molecule is CCNC(=NCc1nc(C(C)OCC)no1)NCC1(CCO)CCCCC1.I. The van der Waals surface area contributed by atoms with Gasteiger partial charge in [-0.25, -0.2) is 4.99 Å². The lowest BCUT2D eigenvalue weighted by atomic mass is 9.72. The number of nitrogens with one attached hydrogen (secondary N) is 2. The van der Waals surface area contributed by atoms with Gasteiger partial charge in [0.25, 0.3) is 0 Å². The number of halogens is 1. The summed E-state index contributed by atoms with van der Waals surface area (Å²) in [5.74, 6) is 1.75. The van der Waals surface area contributed by atoms with Gasteiger partial charge in [-0.05, 0) is 45.4 Å². The molecule has 1 atom stereocenters. The van der Waals surface area contributed by atoms with Crippen molar-refractivity contribution in [1.82, 2.24) is 20.8 Å². The second kappa shape index (κ2) is 13.3. The first-order valence-electron chi connectivity index (χ1n) is 10.2. The number of guanidine groups is 1. The van der Waals surface area contributed by atoms with Crippen molar-refractivity contribution in [1.29, 1.82) is 0 Å². The highest BCUT2D eigenvalue weighted by molar-refractivity contribution is 14.0. The number of aliphatic hydroxyl groups excluding tert-OH is 1. The van der Waals surface area contributed by atoms with E-state index in [-0.39, 0.29) is 42.1 Å². The second-order valence-corrected chi connectivity index (χ2v) is 7.23. The van der Waals surface area contributed by atoms with Gasteiger partial charge in [0.1, 0.15) is 12.6 Å². The molecule has 2 rings (SSSR count). The summed E-state index contributed by atoms with van der Waals surface area (Å²) in [6, 6.07) is 0. The maximum Gasteiger partial charge on any atom is 0.248 e. The average Bonchev–Trinajstić information content (AvgIpc) is 3.14. The van der Waals surface area contributed by atoms with E-state index in [1.807, 2.05) is 20.8 Å². The van der Waals surface area contributed by atoms with E-state index in [0.29, 0.717) is 24.9 Å². The van der Waals surface area contributed by atoms with Crippen molar-refractivity contribution in [2.45, 2.75) is 71.9 Å². The fourth-order valence-corrected chi connectivity index (χ4v) is 3.64. The molecule has 9 heteroatoms. The van der Waals surface area contributed by atoms with E-state index in [2.05, 4.69) is 25.8 Å². The molecule has 0 radical (unpaired) electrons. The summed E-state index contributed by atoms with van der Waals surface area (Å²) in [4.78, 5) is 8.93. The number of aliphatic hydroxyl groups is 1. The average molecular weight is 509 g/mol. The van der Waals surface area contributed by atoms with Crippen molar-refractivity contribution in [3.63, 3.8) is 0 Å². The van der Waals surface area contributed by atoms with Crippen LogP contribution in [0, 0.1) is 5.41 Å². The number of rotatable bonds is 10. The number of hydrogen-bond donors (Lipinski definition) is 3. The van der Waals surface area contributed by atoms with Crippen LogP contribution in [0.5, 0.6) is 0 Å². The third-order valence-corrected chi connectivity index (χ3v) is 5.17. The van der Waals surface area contributed by atoms with Crippen LogP contribution < -0.4 is 10.6 Å². The summed E-state index contributed by atoms with van der Waals surface area (Å²) in [5.41, 5.74) is 0.160. The summed E-state index contributed by atoms with van der Waals surface area (Å²) in [6.07, 6.45) is 6.72. The second-order valence-electron chi connectivity index (χ2n) is 7.23. The van der Waals surface area contributed by atoms with Gasteiger partial charge in [-0.1, -0.05) is 24.4 Å². The minimum atomic E-state index is -0.188. The molecule has 1 aromatic rings. The van der Waals surface area contributed by atoms with Gasteiger partial charge >= 0.3 is 0 Å². The molecule has 0 aliphatic heterocycles. The summed E-state index contributed by atoms with van der Waals surface area (Å²) >= 11 is 0. The summed E-state index contributed by atoms with van der Waals surface area (Å²) < 4.78 is 10.8. The molecule has 3 N–H and O–H groups in total. The molecule has 28 heavy (non-hydrogen) atoms. The Kier molecular flexibility index (Phi) is 11.9. The Morgan fingerprint density at radius 1 is 1.29 bits per heavy atom. The molecule has 0 amide bonds. The van der Waals surface area contributed by atoms with E-state index in [0.717, 1.165) is 38.3 Å². The van der Waals surface area contributed by atoms with Crippen LogP contribution in [0.4, 0.5) is 0 Å². The van der Waals surface area contributed by atoms with Crippen molar-refractivity contribution >= 4 is 29.9 Å². The number of ether oxygens (including phenoxy) is 1. The highest BCUT2D eigenvalue weighted by Crippen LogP contribution is 2.38. The van der Waals surface area contributed by atoms with E-state index in [1.54, 1.807) is 0 Å². The first kappa shape index (κ1) is 25.1. The smallest absolute Gasteiger partial charge is 0.248 e. The van der Waals surface area contributed by atoms with Crippen LogP contribution in [-0.2, 0) is 11.3 Å². The lowest BCUT2D eigenvalue weighted by molar-refractivity contribution is 0.0683. The van der Waals surface area contributed by atoms with Crippen molar-refractivity contribution < 1.29 is 14.4 Å². The molecule has 1 aromatic heterocycles. The van der Waals surface area contributed by atoms with E-state index in [4.69, 9.17) is 9.26 Å². The first-order valence-corrected chi connectivity index (χ1v) is 10.2. The lowest BCUT2D eigenvalue weighted by Gasteiger charge is -2.37. The highest BCUT2D eigenvalue weighted by Gasteiger charge is 2.31. The fraction of sp³-hybridized carbons (Fsp3) is 0.842. The number of aromatic nitrogens is 2. The van der Waals surface area contributed by atoms with Crippen LogP contribution in [0.25, 0.3) is 0 Å². The minimum Gasteiger partial charge on any atom is -0.396 e. The monoisotopic (exact) mass is 509 g/mol. The highest BCUT2D eigenvalue weighted by atomic mass is 127. The predicted octanol–water partition coefficient (Wildman–Crippen LogP) is 3.17. The van der Waals surface area contributed by atoms with E-state index < -0.39 is 0 Å². The number of aliphatic imine (C=N–C) groups is 1. The Hall–Kier alpha value is -0.940. The molecule has 162 valence electrons. The molecular weight excluding hydrogens is 473 g/mol. The molecule has 0 aromatic carbocycles. The Labute approximate surface area is 185 Å². The van der Waals surface area contributed by atoms with E-state index in [1.165, 1.54) is 19.3 Å². The quantitative estimate of drug-likeness (QED) is 0.253. The Bertz CT molecular complexity index is 570. The van der Waals surface area contributed by atoms with Gasteiger partial charge in [0.15, 0.2) is 11.8 Å². The normalized spacial score (nSPS) is 17.6. The van der Waals surface area contributed by atoms with Crippen LogP contribution in [0.3, 0.4) is 0 Å². The van der Waals surface area contributed by atoms with E-state index >= 15 is 0 Å². The number of hydrogen-bond acceptors (Lipinski definition) is 6. The van der Waals surface area contributed by atoms with Crippen molar-refractivity contribution in [3.8, 4) is 0 Å². The molecule has 0 spiro atoms. The molecule has 1 saturated carbocycles. The van der Waals surface area contributed by atoms with Crippen molar-refractivity contribution in [2.24, 2.45) is 10.4 Å². The van der Waals surface area contributed by atoms with Gasteiger partial charge in [-0.3, -0.25) is 0 Å². The van der Waals surface area contributed by atoms with Crippen LogP contribution in [0.15, 0.2) is 9.52 Å². The molecule has 0 saturated heterocycles. The molecule has 1 unspecified atom stereocenters. The zero-order valence-electron chi connectivity index (χ0n) is 17.4. The molecule has 1 heterocycles. The topological polar surface area (TPSA) is 105 Å². The maximum atomic E-state index is 9.48. The van der Waals surface area contributed by atoms with Gasteiger partial charge in [0.2, 0.25) is 5.89 Å². The maximum absolute atomic E-state index is 9.48. The van der Waals surface area contributed by atoms with Crippen LogP contribution >= 0.6 is 24.0 Å². The summed E-state index contributed by atoms with van der Waals surface area (Å²) in [5, 5.41) is 20.2. The number of nitrogens with zero attached hydrogens (tertiary/aromatic N) is 3. The molecule has 1 fully saturated rings. The zero-order chi connectivity index (χ0) is 19.5. The van der Waals surface area contributed by atoms with Crippen LogP contribution in [0.2, 0.25) is 0 Å². The Morgan fingerprint density at radius 2 is 2.04 bits per heavy atom. The van der Waals surface area contributed by atoms with Crippen molar-refractivity contribution in [3.05, 3.63) is 11.7 Å². The van der Waals surface area contributed by atoms with E-state index in [9.17, 15) is 5.11 Å². The largest absolute Gasteiger partial charge is 0.396 e. The molecule has 1 aliphatic carbocycles. The van der Waals surface area contributed by atoms with Gasteiger partial charge < -0.3 is 25.0 Å². The standard InChI is InChI=1S/C19H35N5O3.HI/c1-4-20-18(22-14-19(11-12-25)9-7-6-8-10-19)21-13-16-23-17(24-27-16)15(3)26-5-2;/h15,25H,4-14H2,1-3H3,(H2,20,21,22);1H. The van der Waals surface area contributed by atoms with Gasteiger partial charge in [-0.2, -0.15) is 4.98 Å².